The van der Waals surface area contributed by atoms with Crippen molar-refractivity contribution in [1.29, 1.82) is 0 Å². The highest BCUT2D eigenvalue weighted by Crippen LogP contribution is 2.48. The van der Waals surface area contributed by atoms with E-state index < -0.39 is 0 Å². The van der Waals surface area contributed by atoms with Crippen LogP contribution in [0.25, 0.3) is 62.2 Å². The lowest BCUT2D eigenvalue weighted by Crippen LogP contribution is -2.10. The molecule has 0 amide bonds. The van der Waals surface area contributed by atoms with E-state index >= 15 is 0 Å². The average Bonchev–Trinajstić information content (AvgIpc) is 3.83. The molecule has 0 aliphatic rings. The minimum Gasteiger partial charge on any atom is -0.310 e. The van der Waals surface area contributed by atoms with Crippen molar-refractivity contribution >= 4 is 108 Å². The number of fused-ring (bicyclic) bond motifs is 7. The molecule has 0 bridgehead atoms. The standard InChI is InChI=1S/C52H34N2S2/c1-3-14-39(15-4-1)53(40-16-5-2-6-17-40)42-29-31-50-47(33-42)46-19-11-20-48(52(46)56-50)54(43-28-30-45-44-18-9-10-21-49(44)55-51(45)34-43)41-26-24-36(25-27-41)38-23-22-35-12-7-8-13-37(35)32-38/h1-34H. The van der Waals surface area contributed by atoms with Crippen molar-refractivity contribution in [3.05, 3.63) is 206 Å². The molecule has 2 heterocycles. The summed E-state index contributed by atoms with van der Waals surface area (Å²) in [6.07, 6.45) is 0. The average molecular weight is 751 g/mol. The van der Waals surface area contributed by atoms with Gasteiger partial charge in [0.25, 0.3) is 0 Å². The van der Waals surface area contributed by atoms with Crippen LogP contribution < -0.4 is 9.80 Å². The molecule has 2 nitrogen and oxygen atoms in total. The lowest BCUT2D eigenvalue weighted by Gasteiger charge is -2.26. The van der Waals surface area contributed by atoms with Crippen molar-refractivity contribution in [2.45, 2.75) is 0 Å². The molecule has 0 aliphatic carbocycles. The molecule has 56 heavy (non-hydrogen) atoms. The summed E-state index contributed by atoms with van der Waals surface area (Å²) in [6, 6.07) is 75.1. The predicted molar refractivity (Wildman–Crippen MR) is 245 cm³/mol. The molecule has 0 spiro atoms. The number of nitrogens with zero attached hydrogens (tertiary/aromatic N) is 2. The second kappa shape index (κ2) is 13.5. The number of anilines is 6. The number of hydrogen-bond acceptors (Lipinski definition) is 4. The Labute approximate surface area is 333 Å². The van der Waals surface area contributed by atoms with Crippen LogP contribution in [0.3, 0.4) is 0 Å². The fourth-order valence-electron chi connectivity index (χ4n) is 8.14. The molecule has 0 unspecified atom stereocenters. The summed E-state index contributed by atoms with van der Waals surface area (Å²) in [7, 11) is 0. The van der Waals surface area contributed by atoms with Crippen molar-refractivity contribution in [1.82, 2.24) is 0 Å². The first-order valence-electron chi connectivity index (χ1n) is 18.9. The molecule has 0 radical (unpaired) electrons. The number of benzene rings is 9. The van der Waals surface area contributed by atoms with Gasteiger partial charge in [-0.3, -0.25) is 0 Å². The van der Waals surface area contributed by atoms with Crippen LogP contribution in [0.15, 0.2) is 206 Å². The summed E-state index contributed by atoms with van der Waals surface area (Å²) in [5, 5.41) is 7.64. The van der Waals surface area contributed by atoms with Gasteiger partial charge in [-0.05, 0) is 107 Å². The fraction of sp³-hybridized carbons (Fsp3) is 0. The highest BCUT2D eigenvalue weighted by atomic mass is 32.1. The van der Waals surface area contributed by atoms with Gasteiger partial charge in [-0.1, -0.05) is 121 Å². The summed E-state index contributed by atoms with van der Waals surface area (Å²) in [5.41, 5.74) is 9.27. The highest BCUT2D eigenvalue weighted by molar-refractivity contribution is 7.26. The molecule has 11 aromatic rings. The Kier molecular flexibility index (Phi) is 7.90. The largest absolute Gasteiger partial charge is 0.310 e. The first-order valence-corrected chi connectivity index (χ1v) is 20.5. The second-order valence-electron chi connectivity index (χ2n) is 14.2. The molecular weight excluding hydrogens is 717 g/mol. The summed E-state index contributed by atoms with van der Waals surface area (Å²) in [6.45, 7) is 0. The molecule has 0 aliphatic heterocycles. The van der Waals surface area contributed by atoms with Crippen LogP contribution in [-0.2, 0) is 0 Å². The van der Waals surface area contributed by atoms with Gasteiger partial charge < -0.3 is 9.80 Å². The number of hydrogen-bond donors (Lipinski definition) is 0. The SMILES string of the molecule is c1ccc(N(c2ccccc2)c2ccc3sc4c(N(c5ccc(-c6ccc7ccccc7c6)cc5)c5ccc6c(c5)sc5ccccc56)cccc4c3c2)cc1. The van der Waals surface area contributed by atoms with Gasteiger partial charge in [-0.2, -0.15) is 0 Å². The number of para-hydroxylation sites is 2. The summed E-state index contributed by atoms with van der Waals surface area (Å²) in [5.74, 6) is 0. The fourth-order valence-corrected chi connectivity index (χ4v) is 10.5. The molecule has 9 aromatic carbocycles. The number of rotatable bonds is 7. The van der Waals surface area contributed by atoms with Crippen LogP contribution in [0.5, 0.6) is 0 Å². The van der Waals surface area contributed by atoms with E-state index in [-0.39, 0.29) is 0 Å². The van der Waals surface area contributed by atoms with E-state index in [1.165, 1.54) is 67.9 Å². The third-order valence-corrected chi connectivity index (χ3v) is 13.2. The Hall–Kier alpha value is -6.72. The minimum absolute atomic E-state index is 1.12. The smallest absolute Gasteiger partial charge is 0.0640 e. The predicted octanol–water partition coefficient (Wildman–Crippen LogP) is 16.2. The van der Waals surface area contributed by atoms with Gasteiger partial charge in [0, 0.05) is 64.1 Å². The summed E-state index contributed by atoms with van der Waals surface area (Å²) < 4.78 is 5.13. The Morgan fingerprint density at radius 1 is 0.286 bits per heavy atom. The van der Waals surface area contributed by atoms with Crippen molar-refractivity contribution in [3.8, 4) is 11.1 Å². The first-order chi connectivity index (χ1) is 27.7. The molecule has 2 aromatic heterocycles. The van der Waals surface area contributed by atoms with Crippen LogP contribution in [0, 0.1) is 0 Å². The van der Waals surface area contributed by atoms with Gasteiger partial charge in [0.15, 0.2) is 0 Å². The first kappa shape index (κ1) is 32.7. The van der Waals surface area contributed by atoms with E-state index in [9.17, 15) is 0 Å². The quantitative estimate of drug-likeness (QED) is 0.160. The third kappa shape index (κ3) is 5.62. The Balaban J connectivity index is 1.07. The zero-order valence-electron chi connectivity index (χ0n) is 30.3. The van der Waals surface area contributed by atoms with Crippen LogP contribution in [-0.4, -0.2) is 0 Å². The maximum atomic E-state index is 2.45. The van der Waals surface area contributed by atoms with Crippen molar-refractivity contribution < 1.29 is 0 Å². The topological polar surface area (TPSA) is 6.48 Å². The molecule has 0 saturated heterocycles. The van der Waals surface area contributed by atoms with E-state index in [1.807, 2.05) is 22.7 Å². The molecular formula is C52H34N2S2. The van der Waals surface area contributed by atoms with E-state index in [2.05, 4.69) is 216 Å². The highest BCUT2D eigenvalue weighted by Gasteiger charge is 2.21. The zero-order chi connectivity index (χ0) is 37.0. The van der Waals surface area contributed by atoms with Crippen LogP contribution >= 0.6 is 22.7 Å². The molecule has 0 N–H and O–H groups in total. The summed E-state index contributed by atoms with van der Waals surface area (Å²) in [4.78, 5) is 4.79. The van der Waals surface area contributed by atoms with Crippen molar-refractivity contribution in [2.24, 2.45) is 0 Å². The maximum absolute atomic E-state index is 2.45. The Morgan fingerprint density at radius 3 is 1.68 bits per heavy atom. The van der Waals surface area contributed by atoms with Crippen LogP contribution in [0.1, 0.15) is 0 Å². The lowest BCUT2D eigenvalue weighted by atomic mass is 10.0. The molecule has 0 saturated carbocycles. The van der Waals surface area contributed by atoms with E-state index in [4.69, 9.17) is 0 Å². The molecule has 0 fully saturated rings. The Bertz CT molecular complexity index is 3160. The monoisotopic (exact) mass is 750 g/mol. The number of thiophene rings is 2. The Morgan fingerprint density at radius 2 is 0.875 bits per heavy atom. The summed E-state index contributed by atoms with van der Waals surface area (Å²) >= 11 is 3.73. The van der Waals surface area contributed by atoms with Gasteiger partial charge in [0.1, 0.15) is 0 Å². The third-order valence-electron chi connectivity index (χ3n) is 10.8. The normalized spacial score (nSPS) is 11.6. The molecule has 0 atom stereocenters. The van der Waals surface area contributed by atoms with Crippen molar-refractivity contribution in [3.63, 3.8) is 0 Å². The van der Waals surface area contributed by atoms with Crippen LogP contribution in [0.2, 0.25) is 0 Å². The van der Waals surface area contributed by atoms with E-state index in [1.54, 1.807) is 0 Å². The van der Waals surface area contributed by atoms with Gasteiger partial charge >= 0.3 is 0 Å². The maximum Gasteiger partial charge on any atom is 0.0640 e. The second-order valence-corrected chi connectivity index (χ2v) is 16.3. The molecule has 4 heteroatoms. The van der Waals surface area contributed by atoms with Gasteiger partial charge in [0.2, 0.25) is 0 Å². The molecule has 264 valence electrons. The van der Waals surface area contributed by atoms with E-state index in [0.717, 1.165) is 28.4 Å². The zero-order valence-corrected chi connectivity index (χ0v) is 32.0. The van der Waals surface area contributed by atoms with Gasteiger partial charge in [0.05, 0.1) is 10.4 Å². The van der Waals surface area contributed by atoms with Gasteiger partial charge in [-0.15, -0.1) is 22.7 Å². The van der Waals surface area contributed by atoms with E-state index in [0.29, 0.717) is 0 Å². The lowest BCUT2D eigenvalue weighted by molar-refractivity contribution is 1.29. The molecule has 11 rings (SSSR count). The minimum atomic E-state index is 1.12. The van der Waals surface area contributed by atoms with Crippen molar-refractivity contribution in [2.75, 3.05) is 9.80 Å². The van der Waals surface area contributed by atoms with Crippen LogP contribution in [0.4, 0.5) is 34.1 Å². The van der Waals surface area contributed by atoms with Gasteiger partial charge in [-0.25, -0.2) is 0 Å².